The van der Waals surface area contributed by atoms with E-state index in [1.165, 1.54) is 12.1 Å². The lowest BCUT2D eigenvalue weighted by molar-refractivity contribution is -0.139. The molecule has 0 fully saturated rings. The first-order chi connectivity index (χ1) is 16.3. The topological polar surface area (TPSA) is 56.1 Å². The summed E-state index contributed by atoms with van der Waals surface area (Å²) >= 11 is 0. The van der Waals surface area contributed by atoms with Gasteiger partial charge in [-0.2, -0.15) is 13.2 Å². The first-order valence-electron chi connectivity index (χ1n) is 11.2. The number of carbonyl (C=O) groups excluding carboxylic acids is 1. The van der Waals surface area contributed by atoms with Gasteiger partial charge in [0.15, 0.2) is 0 Å². The summed E-state index contributed by atoms with van der Waals surface area (Å²) in [5.74, 6) is 0.591. The molecule has 1 aromatic heterocycles. The predicted molar refractivity (Wildman–Crippen MR) is 123 cm³/mol. The number of hydrogen-bond donors (Lipinski definition) is 1. The van der Waals surface area contributed by atoms with E-state index in [0.717, 1.165) is 65.2 Å². The minimum absolute atomic E-state index is 0.251. The number of imidazole rings is 1. The first-order valence-corrected chi connectivity index (χ1v) is 11.2. The summed E-state index contributed by atoms with van der Waals surface area (Å²) in [5.41, 5.74) is 3.62. The Hall–Kier alpha value is -3.55. The third kappa shape index (κ3) is 5.50. The highest BCUT2D eigenvalue weighted by atomic mass is 19.4. The van der Waals surface area contributed by atoms with Gasteiger partial charge in [-0.25, -0.2) is 9.78 Å². The van der Waals surface area contributed by atoms with Gasteiger partial charge in [0.2, 0.25) is 0 Å². The number of aromatic nitrogens is 2. The Morgan fingerprint density at radius 1 is 1.06 bits per heavy atom. The number of halogens is 3. The summed E-state index contributed by atoms with van der Waals surface area (Å²) in [6.45, 7) is 3.26. The molecule has 0 saturated carbocycles. The fraction of sp³-hybridized carbons (Fsp3) is 0.308. The fourth-order valence-electron chi connectivity index (χ4n) is 4.07. The molecular weight excluding hydrogens is 443 g/mol. The zero-order valence-corrected chi connectivity index (χ0v) is 18.9. The lowest BCUT2D eigenvalue weighted by Crippen LogP contribution is -2.19. The van der Waals surface area contributed by atoms with Crippen LogP contribution in [-0.2, 0) is 28.8 Å². The third-order valence-electron chi connectivity index (χ3n) is 5.85. The second kappa shape index (κ2) is 10.2. The Balaban J connectivity index is 1.40. The van der Waals surface area contributed by atoms with Crippen LogP contribution >= 0.6 is 0 Å². The van der Waals surface area contributed by atoms with Crippen molar-refractivity contribution in [2.75, 3.05) is 6.61 Å². The van der Waals surface area contributed by atoms with Crippen molar-refractivity contribution in [2.45, 2.75) is 45.5 Å². The normalized spacial score (nSPS) is 13.9. The summed E-state index contributed by atoms with van der Waals surface area (Å²) in [6.07, 6.45) is 1.77. The molecule has 1 heterocycles. The van der Waals surface area contributed by atoms with E-state index in [9.17, 15) is 18.0 Å². The number of nitrogens with zero attached hydrogens (tertiary/aromatic N) is 2. The van der Waals surface area contributed by atoms with Crippen LogP contribution in [0.4, 0.5) is 13.2 Å². The number of ether oxygens (including phenoxy) is 1. The van der Waals surface area contributed by atoms with Gasteiger partial charge in [-0.3, -0.25) is 0 Å². The molecule has 5 nitrogen and oxygen atoms in total. The Kier molecular flexibility index (Phi) is 7.05. The molecule has 4 rings (SSSR count). The second-order valence-corrected chi connectivity index (χ2v) is 8.13. The highest BCUT2D eigenvalue weighted by Gasteiger charge is 2.30. The van der Waals surface area contributed by atoms with Crippen LogP contribution in [0.25, 0.3) is 11.1 Å². The van der Waals surface area contributed by atoms with E-state index < -0.39 is 11.7 Å². The van der Waals surface area contributed by atoms with E-state index in [0.29, 0.717) is 19.7 Å². The molecule has 0 bridgehead atoms. The van der Waals surface area contributed by atoms with E-state index in [-0.39, 0.29) is 5.97 Å². The van der Waals surface area contributed by atoms with Crippen LogP contribution in [0.3, 0.4) is 0 Å². The van der Waals surface area contributed by atoms with Gasteiger partial charge in [0, 0.05) is 24.6 Å². The van der Waals surface area contributed by atoms with Crippen LogP contribution in [0, 0.1) is 0 Å². The maximum Gasteiger partial charge on any atom is 0.416 e. The van der Waals surface area contributed by atoms with Gasteiger partial charge in [0.05, 0.1) is 24.3 Å². The predicted octanol–water partition coefficient (Wildman–Crippen LogP) is 5.71. The van der Waals surface area contributed by atoms with Crippen LogP contribution in [0.1, 0.15) is 43.1 Å². The SMILES string of the molecule is CCOC(=O)C1=C(NCc2nccn2Cc2ccc(-c3ccc(C(F)(F)F)cc3)cc2)CCC1. The number of rotatable bonds is 8. The summed E-state index contributed by atoms with van der Waals surface area (Å²) < 4.78 is 45.5. The quantitative estimate of drug-likeness (QED) is 0.430. The van der Waals surface area contributed by atoms with Crippen molar-refractivity contribution in [3.8, 4) is 11.1 Å². The number of esters is 1. The maximum absolute atomic E-state index is 12.8. The van der Waals surface area contributed by atoms with Crippen molar-refractivity contribution < 1.29 is 22.7 Å². The van der Waals surface area contributed by atoms with Crippen LogP contribution in [0.2, 0.25) is 0 Å². The van der Waals surface area contributed by atoms with Crippen LogP contribution < -0.4 is 5.32 Å². The molecule has 0 spiro atoms. The molecule has 0 unspecified atom stereocenters. The minimum atomic E-state index is -4.34. The highest BCUT2D eigenvalue weighted by molar-refractivity contribution is 5.89. The van der Waals surface area contributed by atoms with Gasteiger partial charge < -0.3 is 14.6 Å². The monoisotopic (exact) mass is 469 g/mol. The average Bonchev–Trinajstić information content (AvgIpc) is 3.47. The van der Waals surface area contributed by atoms with Crippen molar-refractivity contribution >= 4 is 5.97 Å². The molecule has 1 aliphatic rings. The van der Waals surface area contributed by atoms with Crippen molar-refractivity contribution in [1.82, 2.24) is 14.9 Å². The van der Waals surface area contributed by atoms with Crippen molar-refractivity contribution in [2.24, 2.45) is 0 Å². The molecule has 0 aliphatic heterocycles. The molecule has 0 atom stereocenters. The molecule has 1 aliphatic carbocycles. The number of nitrogens with one attached hydrogen (secondary N) is 1. The van der Waals surface area contributed by atoms with Crippen LogP contribution in [0.15, 0.2) is 72.2 Å². The number of hydrogen-bond acceptors (Lipinski definition) is 4. The smallest absolute Gasteiger partial charge is 0.416 e. The Morgan fingerprint density at radius 2 is 1.74 bits per heavy atom. The number of alkyl halides is 3. The molecule has 2 aromatic carbocycles. The standard InChI is InChI=1S/C26H26F3N3O2/c1-2-34-25(33)22-4-3-5-23(22)31-16-24-30-14-15-32(24)17-18-6-8-19(9-7-18)20-10-12-21(13-11-20)26(27,28)29/h6-15,31H,2-5,16-17H2,1H3. The summed E-state index contributed by atoms with van der Waals surface area (Å²) in [5, 5.41) is 3.36. The number of benzene rings is 2. The molecule has 34 heavy (non-hydrogen) atoms. The van der Waals surface area contributed by atoms with Gasteiger partial charge >= 0.3 is 12.1 Å². The van der Waals surface area contributed by atoms with Crippen molar-refractivity contribution in [1.29, 1.82) is 0 Å². The molecule has 178 valence electrons. The Bertz CT molecular complexity index is 1160. The Morgan fingerprint density at radius 3 is 2.38 bits per heavy atom. The summed E-state index contributed by atoms with van der Waals surface area (Å²) in [4.78, 5) is 16.6. The Labute approximate surface area is 196 Å². The average molecular weight is 470 g/mol. The van der Waals surface area contributed by atoms with Crippen LogP contribution in [0.5, 0.6) is 0 Å². The van der Waals surface area contributed by atoms with Crippen molar-refractivity contribution in [3.05, 3.63) is 89.1 Å². The third-order valence-corrected chi connectivity index (χ3v) is 5.85. The molecule has 8 heteroatoms. The zero-order chi connectivity index (χ0) is 24.1. The lowest BCUT2D eigenvalue weighted by Gasteiger charge is -2.13. The molecule has 0 amide bonds. The minimum Gasteiger partial charge on any atom is -0.463 e. The summed E-state index contributed by atoms with van der Waals surface area (Å²) in [6, 6.07) is 12.9. The molecule has 3 aromatic rings. The van der Waals surface area contributed by atoms with Gasteiger partial charge in [-0.05, 0) is 55.0 Å². The van der Waals surface area contributed by atoms with Gasteiger partial charge in [-0.15, -0.1) is 0 Å². The van der Waals surface area contributed by atoms with E-state index in [4.69, 9.17) is 4.74 Å². The fourth-order valence-corrected chi connectivity index (χ4v) is 4.07. The second-order valence-electron chi connectivity index (χ2n) is 8.13. The molecule has 1 N–H and O–H groups in total. The molecular formula is C26H26F3N3O2. The molecule has 0 saturated heterocycles. The van der Waals surface area contributed by atoms with Gasteiger partial charge in [0.1, 0.15) is 5.82 Å². The zero-order valence-electron chi connectivity index (χ0n) is 18.9. The number of allylic oxidation sites excluding steroid dienone is 1. The number of carbonyl (C=O) groups is 1. The van der Waals surface area contributed by atoms with Gasteiger partial charge in [0.25, 0.3) is 0 Å². The van der Waals surface area contributed by atoms with E-state index in [2.05, 4.69) is 10.3 Å². The first kappa shape index (κ1) is 23.6. The highest BCUT2D eigenvalue weighted by Crippen LogP contribution is 2.31. The largest absolute Gasteiger partial charge is 0.463 e. The van der Waals surface area contributed by atoms with Gasteiger partial charge in [-0.1, -0.05) is 36.4 Å². The van der Waals surface area contributed by atoms with E-state index in [1.807, 2.05) is 35.0 Å². The van der Waals surface area contributed by atoms with E-state index in [1.54, 1.807) is 13.1 Å². The summed E-state index contributed by atoms with van der Waals surface area (Å²) in [7, 11) is 0. The van der Waals surface area contributed by atoms with Crippen molar-refractivity contribution in [3.63, 3.8) is 0 Å². The maximum atomic E-state index is 12.8. The van der Waals surface area contributed by atoms with Crippen LogP contribution in [-0.4, -0.2) is 22.1 Å². The molecule has 0 radical (unpaired) electrons. The lowest BCUT2D eigenvalue weighted by atomic mass is 10.0. The van der Waals surface area contributed by atoms with E-state index >= 15 is 0 Å².